The third kappa shape index (κ3) is 1.68. The number of aliphatic hydroxyl groups is 1. The van der Waals surface area contributed by atoms with Gasteiger partial charge < -0.3 is 14.9 Å². The molecule has 2 N–H and O–H groups in total. The average Bonchev–Trinajstić information content (AvgIpc) is 2.10. The largest absolute Gasteiger partial charge is 0.505 e. The Morgan fingerprint density at radius 2 is 2.23 bits per heavy atom. The molecule has 0 spiro atoms. The predicted molar refractivity (Wildman–Crippen MR) is 45.5 cm³/mol. The summed E-state index contributed by atoms with van der Waals surface area (Å²) < 4.78 is 17.8. The highest BCUT2D eigenvalue weighted by Gasteiger charge is 2.16. The van der Waals surface area contributed by atoms with Crippen LogP contribution in [0.1, 0.15) is 5.56 Å². The number of aliphatic hydroxyl groups excluding tert-OH is 1. The lowest BCUT2D eigenvalue weighted by Crippen LogP contribution is -1.97. The van der Waals surface area contributed by atoms with Gasteiger partial charge in [-0.2, -0.15) is 0 Å². The van der Waals surface area contributed by atoms with Crippen LogP contribution in [0.3, 0.4) is 0 Å². The highest BCUT2D eigenvalue weighted by Crippen LogP contribution is 2.35. The third-order valence-corrected chi connectivity index (χ3v) is 1.89. The van der Waals surface area contributed by atoms with Crippen molar-refractivity contribution in [3.63, 3.8) is 0 Å². The normalized spacial score (nSPS) is 10.2. The van der Waals surface area contributed by atoms with Crippen LogP contribution in [0.4, 0.5) is 4.39 Å². The van der Waals surface area contributed by atoms with Crippen molar-refractivity contribution in [2.75, 3.05) is 7.11 Å². The van der Waals surface area contributed by atoms with E-state index in [1.807, 2.05) is 0 Å². The van der Waals surface area contributed by atoms with Crippen LogP contribution in [-0.2, 0) is 6.61 Å². The highest BCUT2D eigenvalue weighted by molar-refractivity contribution is 6.32. The van der Waals surface area contributed by atoms with Crippen LogP contribution in [0.25, 0.3) is 0 Å². The van der Waals surface area contributed by atoms with Crippen molar-refractivity contribution in [2.24, 2.45) is 0 Å². The van der Waals surface area contributed by atoms with E-state index in [9.17, 15) is 4.39 Å². The number of phenols is 1. The van der Waals surface area contributed by atoms with E-state index in [0.717, 1.165) is 6.07 Å². The Bertz CT molecular complexity index is 328. The summed E-state index contributed by atoms with van der Waals surface area (Å²) in [7, 11) is 1.30. The molecule has 0 aliphatic rings. The van der Waals surface area contributed by atoms with Gasteiger partial charge in [-0.1, -0.05) is 11.6 Å². The molecule has 3 nitrogen and oxygen atoms in total. The van der Waals surface area contributed by atoms with Crippen molar-refractivity contribution >= 4 is 11.6 Å². The van der Waals surface area contributed by atoms with E-state index in [-0.39, 0.29) is 16.3 Å². The molecule has 0 aromatic heterocycles. The third-order valence-electron chi connectivity index (χ3n) is 1.61. The fourth-order valence-electron chi connectivity index (χ4n) is 1.01. The summed E-state index contributed by atoms with van der Waals surface area (Å²) in [6, 6.07) is 1.02. The van der Waals surface area contributed by atoms with E-state index in [0.29, 0.717) is 0 Å². The number of phenolic OH excluding ortho intramolecular Hbond substituents is 1. The molecule has 1 aromatic rings. The first-order valence-electron chi connectivity index (χ1n) is 3.46. The van der Waals surface area contributed by atoms with E-state index in [1.165, 1.54) is 7.11 Å². The van der Waals surface area contributed by atoms with Crippen molar-refractivity contribution in [1.29, 1.82) is 0 Å². The van der Waals surface area contributed by atoms with Crippen LogP contribution >= 0.6 is 11.6 Å². The summed E-state index contributed by atoms with van der Waals surface area (Å²) in [6.07, 6.45) is 0. The first-order chi connectivity index (χ1) is 6.11. The maximum Gasteiger partial charge on any atom is 0.174 e. The molecule has 0 atom stereocenters. The van der Waals surface area contributed by atoms with Gasteiger partial charge in [0.2, 0.25) is 0 Å². The maximum absolute atomic E-state index is 13.1. The van der Waals surface area contributed by atoms with Gasteiger partial charge in [0, 0.05) is 6.07 Å². The number of benzene rings is 1. The number of aromatic hydroxyl groups is 1. The molecule has 0 amide bonds. The Morgan fingerprint density at radius 1 is 1.62 bits per heavy atom. The number of ether oxygens (including phenoxy) is 1. The number of methoxy groups -OCH3 is 1. The Balaban J connectivity index is 3.41. The van der Waals surface area contributed by atoms with Gasteiger partial charge in [0.05, 0.1) is 24.3 Å². The molecule has 0 radical (unpaired) electrons. The average molecular weight is 207 g/mol. The standard InChI is InChI=1S/C8H8ClFO3/c1-13-8-4(3-11)7(10)6(12)2-5(8)9/h2,11-12H,3H2,1H3. The van der Waals surface area contributed by atoms with Crippen LogP contribution in [0.5, 0.6) is 11.5 Å². The molecule has 1 aromatic carbocycles. The Labute approximate surface area is 79.3 Å². The summed E-state index contributed by atoms with van der Waals surface area (Å²) in [4.78, 5) is 0. The first-order valence-corrected chi connectivity index (χ1v) is 3.84. The molecule has 0 unspecified atom stereocenters. The molecule has 0 saturated carbocycles. The van der Waals surface area contributed by atoms with Gasteiger partial charge in [0.1, 0.15) is 5.75 Å². The van der Waals surface area contributed by atoms with E-state index in [4.69, 9.17) is 26.6 Å². The fourth-order valence-corrected chi connectivity index (χ4v) is 1.30. The Morgan fingerprint density at radius 3 is 2.69 bits per heavy atom. The number of halogens is 2. The smallest absolute Gasteiger partial charge is 0.174 e. The second-order valence-electron chi connectivity index (χ2n) is 2.36. The van der Waals surface area contributed by atoms with Crippen LogP contribution in [0, 0.1) is 5.82 Å². The molecule has 0 fully saturated rings. The predicted octanol–water partition coefficient (Wildman–Crippen LogP) is 1.69. The second kappa shape index (κ2) is 3.81. The second-order valence-corrected chi connectivity index (χ2v) is 2.77. The van der Waals surface area contributed by atoms with Crippen LogP contribution in [0.2, 0.25) is 5.02 Å². The topological polar surface area (TPSA) is 49.7 Å². The lowest BCUT2D eigenvalue weighted by Gasteiger charge is -2.10. The number of rotatable bonds is 2. The zero-order valence-electron chi connectivity index (χ0n) is 6.84. The van der Waals surface area contributed by atoms with Crippen LogP contribution in [-0.4, -0.2) is 17.3 Å². The molecular weight excluding hydrogens is 199 g/mol. The number of hydrogen-bond donors (Lipinski definition) is 2. The minimum Gasteiger partial charge on any atom is -0.505 e. The highest BCUT2D eigenvalue weighted by atomic mass is 35.5. The van der Waals surface area contributed by atoms with E-state index < -0.39 is 18.2 Å². The maximum atomic E-state index is 13.1. The Hall–Kier alpha value is -1.00. The van der Waals surface area contributed by atoms with Crippen molar-refractivity contribution < 1.29 is 19.3 Å². The summed E-state index contributed by atoms with van der Waals surface area (Å²) in [5.74, 6) is -1.47. The summed E-state index contributed by atoms with van der Waals surface area (Å²) in [5, 5.41) is 17.9. The molecule has 0 heterocycles. The van der Waals surface area contributed by atoms with Gasteiger partial charge in [0.15, 0.2) is 11.6 Å². The summed E-state index contributed by atoms with van der Waals surface area (Å²) >= 11 is 5.62. The monoisotopic (exact) mass is 206 g/mol. The van der Waals surface area contributed by atoms with Crippen LogP contribution < -0.4 is 4.74 Å². The summed E-state index contributed by atoms with van der Waals surface area (Å²) in [5.41, 5.74) is -0.146. The molecular formula is C8H8ClFO3. The van der Waals surface area contributed by atoms with Gasteiger partial charge >= 0.3 is 0 Å². The van der Waals surface area contributed by atoms with E-state index in [2.05, 4.69) is 0 Å². The van der Waals surface area contributed by atoms with Crippen LogP contribution in [0.15, 0.2) is 6.07 Å². The molecule has 0 aliphatic carbocycles. The van der Waals surface area contributed by atoms with Crippen molar-refractivity contribution in [2.45, 2.75) is 6.61 Å². The quantitative estimate of drug-likeness (QED) is 0.774. The van der Waals surface area contributed by atoms with Crippen molar-refractivity contribution in [3.8, 4) is 11.5 Å². The summed E-state index contributed by atoms with van der Waals surface area (Å²) in [6.45, 7) is -0.580. The van der Waals surface area contributed by atoms with Gasteiger partial charge in [-0.05, 0) is 0 Å². The molecule has 72 valence electrons. The zero-order valence-corrected chi connectivity index (χ0v) is 7.60. The SMILES string of the molecule is COc1c(Cl)cc(O)c(F)c1CO. The molecule has 1 rings (SSSR count). The van der Waals surface area contributed by atoms with Gasteiger partial charge in [0.25, 0.3) is 0 Å². The number of hydrogen-bond acceptors (Lipinski definition) is 3. The first kappa shape index (κ1) is 10.1. The van der Waals surface area contributed by atoms with Gasteiger partial charge in [-0.15, -0.1) is 0 Å². The minimum atomic E-state index is -0.913. The molecule has 0 bridgehead atoms. The van der Waals surface area contributed by atoms with E-state index >= 15 is 0 Å². The molecule has 13 heavy (non-hydrogen) atoms. The van der Waals surface area contributed by atoms with Gasteiger partial charge in [-0.25, -0.2) is 4.39 Å². The molecule has 5 heteroatoms. The molecule has 0 aliphatic heterocycles. The lowest BCUT2D eigenvalue weighted by molar-refractivity contribution is 0.264. The van der Waals surface area contributed by atoms with Crippen molar-refractivity contribution in [3.05, 3.63) is 22.5 Å². The molecule has 0 saturated heterocycles. The van der Waals surface area contributed by atoms with Crippen molar-refractivity contribution in [1.82, 2.24) is 0 Å². The lowest BCUT2D eigenvalue weighted by atomic mass is 10.2. The fraction of sp³-hybridized carbons (Fsp3) is 0.250. The van der Waals surface area contributed by atoms with Gasteiger partial charge in [-0.3, -0.25) is 0 Å². The van der Waals surface area contributed by atoms with E-state index in [1.54, 1.807) is 0 Å². The Kier molecular flexibility index (Phi) is 2.95. The zero-order chi connectivity index (χ0) is 10.0. The minimum absolute atomic E-state index is 0.0412.